The standard InChI is InChI=1S/C22H33N3O/c1-4-18(14-17-8-6-5-7-9-17)20-15-21(20)23-19-10-12-25(13-11-19)16-22(26)24(2)3/h5-9,14,19-21,23H,4,10-13,15-16H2,1-3H3/b18-14+/t20-,21+/m1/s1. The molecule has 4 heteroatoms. The largest absolute Gasteiger partial charge is 0.348 e. The molecule has 1 N–H and O–H groups in total. The monoisotopic (exact) mass is 355 g/mol. The number of rotatable bonds is 7. The Morgan fingerprint density at radius 3 is 2.54 bits per heavy atom. The smallest absolute Gasteiger partial charge is 0.236 e. The molecule has 1 amide bonds. The van der Waals surface area contributed by atoms with Crippen LogP contribution < -0.4 is 5.32 Å². The molecule has 4 nitrogen and oxygen atoms in total. The first-order valence-electron chi connectivity index (χ1n) is 10.0. The first-order valence-corrected chi connectivity index (χ1v) is 10.0. The van der Waals surface area contributed by atoms with Gasteiger partial charge in [0.25, 0.3) is 0 Å². The molecule has 1 saturated carbocycles. The average Bonchev–Trinajstić information content (AvgIpc) is 3.41. The predicted molar refractivity (Wildman–Crippen MR) is 108 cm³/mol. The van der Waals surface area contributed by atoms with E-state index in [1.54, 1.807) is 10.5 Å². The van der Waals surface area contributed by atoms with E-state index in [-0.39, 0.29) is 5.91 Å². The van der Waals surface area contributed by atoms with Gasteiger partial charge in [0, 0.05) is 39.3 Å². The van der Waals surface area contributed by atoms with Gasteiger partial charge < -0.3 is 10.2 Å². The summed E-state index contributed by atoms with van der Waals surface area (Å²) in [7, 11) is 3.66. The minimum Gasteiger partial charge on any atom is -0.348 e. The summed E-state index contributed by atoms with van der Waals surface area (Å²) in [4.78, 5) is 15.8. The van der Waals surface area contributed by atoms with E-state index in [0.717, 1.165) is 32.4 Å². The average molecular weight is 356 g/mol. The van der Waals surface area contributed by atoms with Gasteiger partial charge in [0.2, 0.25) is 5.91 Å². The molecule has 0 radical (unpaired) electrons. The van der Waals surface area contributed by atoms with Crippen LogP contribution in [-0.2, 0) is 4.79 Å². The lowest BCUT2D eigenvalue weighted by atomic mass is 10.0. The summed E-state index contributed by atoms with van der Waals surface area (Å²) < 4.78 is 0. The van der Waals surface area contributed by atoms with E-state index >= 15 is 0 Å². The van der Waals surface area contributed by atoms with Crippen LogP contribution in [0.1, 0.15) is 38.2 Å². The zero-order valence-electron chi connectivity index (χ0n) is 16.4. The molecule has 26 heavy (non-hydrogen) atoms. The summed E-state index contributed by atoms with van der Waals surface area (Å²) in [5.74, 6) is 0.908. The molecule has 1 saturated heterocycles. The molecule has 142 valence electrons. The third-order valence-corrected chi connectivity index (χ3v) is 5.72. The van der Waals surface area contributed by atoms with E-state index in [2.05, 4.69) is 53.5 Å². The van der Waals surface area contributed by atoms with Crippen LogP contribution in [0, 0.1) is 5.92 Å². The molecule has 3 rings (SSSR count). The molecule has 1 aliphatic heterocycles. The highest BCUT2D eigenvalue weighted by Gasteiger charge is 2.40. The van der Waals surface area contributed by atoms with Gasteiger partial charge in [-0.25, -0.2) is 0 Å². The second-order valence-corrected chi connectivity index (χ2v) is 7.94. The van der Waals surface area contributed by atoms with Gasteiger partial charge in [0.05, 0.1) is 6.54 Å². The van der Waals surface area contributed by atoms with Gasteiger partial charge in [-0.2, -0.15) is 0 Å². The molecule has 1 aromatic carbocycles. The fourth-order valence-electron chi connectivity index (χ4n) is 3.92. The van der Waals surface area contributed by atoms with Crippen LogP contribution in [0.25, 0.3) is 6.08 Å². The summed E-state index contributed by atoms with van der Waals surface area (Å²) in [5.41, 5.74) is 2.89. The lowest BCUT2D eigenvalue weighted by Crippen LogP contribution is -2.46. The number of amides is 1. The third-order valence-electron chi connectivity index (χ3n) is 5.72. The van der Waals surface area contributed by atoms with E-state index in [0.29, 0.717) is 24.5 Å². The highest BCUT2D eigenvalue weighted by molar-refractivity contribution is 5.77. The van der Waals surface area contributed by atoms with Crippen LogP contribution in [0.2, 0.25) is 0 Å². The van der Waals surface area contributed by atoms with E-state index in [4.69, 9.17) is 0 Å². The summed E-state index contributed by atoms with van der Waals surface area (Å²) in [5, 5.41) is 3.88. The van der Waals surface area contributed by atoms with Crippen LogP contribution in [0.5, 0.6) is 0 Å². The number of likely N-dealkylation sites (N-methyl/N-ethyl adjacent to an activating group) is 1. The van der Waals surface area contributed by atoms with Gasteiger partial charge in [-0.3, -0.25) is 9.69 Å². The molecular formula is C22H33N3O. The van der Waals surface area contributed by atoms with E-state index < -0.39 is 0 Å². The maximum atomic E-state index is 11.8. The van der Waals surface area contributed by atoms with Crippen molar-refractivity contribution in [2.75, 3.05) is 33.7 Å². The number of nitrogens with one attached hydrogen (secondary N) is 1. The second kappa shape index (κ2) is 8.83. The molecule has 1 aromatic rings. The molecule has 2 aliphatic rings. The molecule has 0 aromatic heterocycles. The van der Waals surface area contributed by atoms with Gasteiger partial charge in [-0.1, -0.05) is 48.9 Å². The summed E-state index contributed by atoms with van der Waals surface area (Å²) in [6.45, 7) is 4.88. The number of hydrogen-bond acceptors (Lipinski definition) is 3. The maximum absolute atomic E-state index is 11.8. The molecule has 0 spiro atoms. The lowest BCUT2D eigenvalue weighted by Gasteiger charge is -2.32. The Kier molecular flexibility index (Phi) is 6.49. The van der Waals surface area contributed by atoms with E-state index in [9.17, 15) is 4.79 Å². The van der Waals surface area contributed by atoms with Gasteiger partial charge in [0.15, 0.2) is 0 Å². The van der Waals surface area contributed by atoms with Crippen LogP contribution in [0.15, 0.2) is 35.9 Å². The van der Waals surface area contributed by atoms with Crippen molar-refractivity contribution in [1.82, 2.24) is 15.1 Å². The van der Waals surface area contributed by atoms with Gasteiger partial charge in [0.1, 0.15) is 0 Å². The second-order valence-electron chi connectivity index (χ2n) is 7.94. The normalized spacial score (nSPS) is 24.5. The van der Waals surface area contributed by atoms with Crippen molar-refractivity contribution in [1.29, 1.82) is 0 Å². The van der Waals surface area contributed by atoms with Gasteiger partial charge in [-0.05, 0) is 37.2 Å². The number of likely N-dealkylation sites (tertiary alicyclic amines) is 1. The van der Waals surface area contributed by atoms with Gasteiger partial charge in [-0.15, -0.1) is 0 Å². The summed E-state index contributed by atoms with van der Waals surface area (Å²) >= 11 is 0. The quantitative estimate of drug-likeness (QED) is 0.817. The minimum atomic E-state index is 0.206. The van der Waals surface area contributed by atoms with Gasteiger partial charge >= 0.3 is 0 Å². The van der Waals surface area contributed by atoms with E-state index in [1.165, 1.54) is 12.0 Å². The number of carbonyl (C=O) groups is 1. The number of benzene rings is 1. The highest BCUT2D eigenvalue weighted by atomic mass is 16.2. The first kappa shape index (κ1) is 19.1. The third kappa shape index (κ3) is 5.18. The number of piperidine rings is 1. The van der Waals surface area contributed by atoms with Crippen LogP contribution in [-0.4, -0.2) is 61.5 Å². The molecule has 0 unspecified atom stereocenters. The Balaban J connectivity index is 1.44. The predicted octanol–water partition coefficient (Wildman–Crippen LogP) is 3.01. The summed E-state index contributed by atoms with van der Waals surface area (Å²) in [6.07, 6.45) is 7.07. The zero-order chi connectivity index (χ0) is 18.5. The van der Waals surface area contributed by atoms with Crippen molar-refractivity contribution in [3.63, 3.8) is 0 Å². The molecule has 2 fully saturated rings. The highest BCUT2D eigenvalue weighted by Crippen LogP contribution is 2.40. The Morgan fingerprint density at radius 2 is 1.92 bits per heavy atom. The number of carbonyl (C=O) groups excluding carboxylic acids is 1. The van der Waals surface area contributed by atoms with Crippen molar-refractivity contribution >= 4 is 12.0 Å². The van der Waals surface area contributed by atoms with Crippen LogP contribution in [0.3, 0.4) is 0 Å². The van der Waals surface area contributed by atoms with Crippen molar-refractivity contribution in [2.45, 2.75) is 44.7 Å². The molecule has 2 atom stereocenters. The molecule has 1 heterocycles. The Morgan fingerprint density at radius 1 is 1.23 bits per heavy atom. The Hall–Kier alpha value is -1.65. The van der Waals surface area contributed by atoms with Crippen LogP contribution >= 0.6 is 0 Å². The Bertz CT molecular complexity index is 618. The topological polar surface area (TPSA) is 35.6 Å². The van der Waals surface area contributed by atoms with Crippen molar-refractivity contribution in [3.8, 4) is 0 Å². The minimum absolute atomic E-state index is 0.206. The van der Waals surface area contributed by atoms with Crippen molar-refractivity contribution in [2.24, 2.45) is 5.92 Å². The fraction of sp³-hybridized carbons (Fsp3) is 0.591. The van der Waals surface area contributed by atoms with E-state index in [1.807, 2.05) is 14.1 Å². The molecular weight excluding hydrogens is 322 g/mol. The maximum Gasteiger partial charge on any atom is 0.236 e. The summed E-state index contributed by atoms with van der Waals surface area (Å²) in [6, 6.07) is 11.9. The SMILES string of the molecule is CC/C(=C\c1ccccc1)[C@H]1C[C@@H]1NC1CCN(CC(=O)N(C)C)CC1. The molecule has 0 bridgehead atoms. The Labute approximate surface area is 158 Å². The van der Waals surface area contributed by atoms with Crippen LogP contribution in [0.4, 0.5) is 0 Å². The zero-order valence-corrected chi connectivity index (χ0v) is 16.4. The number of hydrogen-bond donors (Lipinski definition) is 1. The fourth-order valence-corrected chi connectivity index (χ4v) is 3.92. The lowest BCUT2D eigenvalue weighted by molar-refractivity contribution is -0.130. The molecule has 1 aliphatic carbocycles. The first-order chi connectivity index (χ1) is 12.6. The number of nitrogens with zero attached hydrogens (tertiary/aromatic N) is 2. The van der Waals surface area contributed by atoms with Crippen molar-refractivity contribution < 1.29 is 4.79 Å². The van der Waals surface area contributed by atoms with Crippen molar-refractivity contribution in [3.05, 3.63) is 41.5 Å².